The van der Waals surface area contributed by atoms with Crippen LogP contribution in [0.5, 0.6) is 0 Å². The van der Waals surface area contributed by atoms with Gasteiger partial charge in [0.05, 0.1) is 6.54 Å². The first kappa shape index (κ1) is 24.7. The first-order chi connectivity index (χ1) is 12.9. The molecule has 1 aromatic rings. The Morgan fingerprint density at radius 1 is 1.21 bits per heavy atom. The molecule has 0 aromatic carbocycles. The lowest BCUT2D eigenvalue weighted by molar-refractivity contribution is -0.125. The fourth-order valence-electron chi connectivity index (χ4n) is 3.25. The molecule has 160 valence electrons. The Morgan fingerprint density at radius 3 is 2.50 bits per heavy atom. The number of aryl methyl sites for hydroxylation is 1. The lowest BCUT2D eigenvalue weighted by Gasteiger charge is -2.21. The molecule has 1 amide bonds. The Balaban J connectivity index is 0.00000392. The van der Waals surface area contributed by atoms with Crippen molar-refractivity contribution in [3.05, 3.63) is 23.7 Å². The first-order valence-electron chi connectivity index (χ1n) is 10.0. The molecule has 7 nitrogen and oxygen atoms in total. The van der Waals surface area contributed by atoms with Crippen LogP contribution < -0.4 is 16.0 Å². The fourth-order valence-corrected chi connectivity index (χ4v) is 3.25. The molecule has 28 heavy (non-hydrogen) atoms. The molecule has 1 aliphatic rings. The summed E-state index contributed by atoms with van der Waals surface area (Å²) >= 11 is 0. The van der Waals surface area contributed by atoms with Crippen molar-refractivity contribution >= 4 is 35.8 Å². The largest absolute Gasteiger partial charge is 0.463 e. The van der Waals surface area contributed by atoms with Crippen molar-refractivity contribution in [2.75, 3.05) is 26.2 Å². The number of hydrogen-bond donors (Lipinski definition) is 4. The number of aliphatic hydroxyl groups is 1. The number of halogens is 1. The molecule has 1 fully saturated rings. The van der Waals surface area contributed by atoms with Gasteiger partial charge in [0.25, 0.3) is 0 Å². The molecule has 0 aliphatic heterocycles. The van der Waals surface area contributed by atoms with E-state index < -0.39 is 5.60 Å². The van der Waals surface area contributed by atoms with E-state index in [4.69, 9.17) is 4.42 Å². The Kier molecular flexibility index (Phi) is 10.9. The number of guanidine groups is 1. The molecule has 1 heterocycles. The highest BCUT2D eigenvalue weighted by molar-refractivity contribution is 14.0. The molecule has 8 heteroatoms. The summed E-state index contributed by atoms with van der Waals surface area (Å²) in [5.41, 5.74) is -1.17. The molecule has 1 atom stereocenters. The van der Waals surface area contributed by atoms with Gasteiger partial charge >= 0.3 is 0 Å². The van der Waals surface area contributed by atoms with Crippen LogP contribution in [-0.4, -0.2) is 43.2 Å². The van der Waals surface area contributed by atoms with Gasteiger partial charge in [-0.05, 0) is 45.7 Å². The van der Waals surface area contributed by atoms with Gasteiger partial charge in [-0.3, -0.25) is 4.79 Å². The number of rotatable bonds is 8. The van der Waals surface area contributed by atoms with Crippen molar-refractivity contribution in [1.82, 2.24) is 16.0 Å². The third-order valence-electron chi connectivity index (χ3n) is 4.85. The zero-order valence-electron chi connectivity index (χ0n) is 17.2. The third-order valence-corrected chi connectivity index (χ3v) is 4.85. The van der Waals surface area contributed by atoms with Crippen molar-refractivity contribution in [1.29, 1.82) is 0 Å². The van der Waals surface area contributed by atoms with Crippen LogP contribution in [0.1, 0.15) is 57.5 Å². The molecule has 1 unspecified atom stereocenters. The first-order valence-corrected chi connectivity index (χ1v) is 10.0. The Bertz CT molecular complexity index is 625. The number of furan rings is 1. The number of carbonyl (C=O) groups excluding carboxylic acids is 1. The number of carbonyl (C=O) groups is 1. The molecular formula is C20H35IN4O3. The monoisotopic (exact) mass is 506 g/mol. The van der Waals surface area contributed by atoms with Crippen LogP contribution >= 0.6 is 24.0 Å². The minimum Gasteiger partial charge on any atom is -0.463 e. The summed E-state index contributed by atoms with van der Waals surface area (Å²) < 4.78 is 5.52. The second kappa shape index (κ2) is 12.3. The molecule has 0 bridgehead atoms. The smallest absolute Gasteiger partial charge is 0.223 e. The second-order valence-corrected chi connectivity index (χ2v) is 7.43. The molecular weight excluding hydrogens is 471 g/mol. The Hall–Kier alpha value is -1.29. The highest BCUT2D eigenvalue weighted by Crippen LogP contribution is 2.24. The molecule has 0 spiro atoms. The van der Waals surface area contributed by atoms with Crippen molar-refractivity contribution in [3.8, 4) is 0 Å². The van der Waals surface area contributed by atoms with Gasteiger partial charge in [0, 0.05) is 25.6 Å². The minimum atomic E-state index is -1.17. The number of aliphatic imine (C=N–C) groups is 1. The van der Waals surface area contributed by atoms with Gasteiger partial charge in [0.15, 0.2) is 5.96 Å². The van der Waals surface area contributed by atoms with Crippen LogP contribution in [0.2, 0.25) is 0 Å². The van der Waals surface area contributed by atoms with Gasteiger partial charge in [0.1, 0.15) is 17.1 Å². The molecule has 1 saturated carbocycles. The predicted octanol–water partition coefficient (Wildman–Crippen LogP) is 2.67. The topological polar surface area (TPSA) is 98.9 Å². The molecule has 1 aromatic heterocycles. The SMILES string of the molecule is CCNC(=NCC(C)(O)c1ccc(C)o1)NCCNC(=O)C1CCCCC1.I. The average Bonchev–Trinajstić information content (AvgIpc) is 3.11. The third kappa shape index (κ3) is 7.98. The van der Waals surface area contributed by atoms with Crippen molar-refractivity contribution in [3.63, 3.8) is 0 Å². The summed E-state index contributed by atoms with van der Waals surface area (Å²) in [7, 11) is 0. The van der Waals surface area contributed by atoms with Crippen LogP contribution in [0.4, 0.5) is 0 Å². The van der Waals surface area contributed by atoms with Gasteiger partial charge in [0.2, 0.25) is 5.91 Å². The average molecular weight is 506 g/mol. The standard InChI is InChI=1S/C20H34N4O3.HI/c1-4-21-19(24-14-20(3,26)17-11-10-15(2)27-17)23-13-12-22-18(25)16-8-6-5-7-9-16;/h10-11,16,26H,4-9,12-14H2,1-3H3,(H,22,25)(H2,21,23,24);1H. The van der Waals surface area contributed by atoms with Gasteiger partial charge < -0.3 is 25.5 Å². The van der Waals surface area contributed by atoms with Crippen LogP contribution in [0.25, 0.3) is 0 Å². The van der Waals surface area contributed by atoms with Gasteiger partial charge in [-0.15, -0.1) is 24.0 Å². The summed E-state index contributed by atoms with van der Waals surface area (Å²) in [5, 5.41) is 19.9. The quantitative estimate of drug-likeness (QED) is 0.188. The number of nitrogens with one attached hydrogen (secondary N) is 3. The van der Waals surface area contributed by atoms with Gasteiger partial charge in [-0.25, -0.2) is 4.99 Å². The lowest BCUT2D eigenvalue weighted by atomic mass is 9.89. The van der Waals surface area contributed by atoms with E-state index in [9.17, 15) is 9.90 Å². The minimum absolute atomic E-state index is 0. The van der Waals surface area contributed by atoms with E-state index in [2.05, 4.69) is 20.9 Å². The Labute approximate surface area is 185 Å². The summed E-state index contributed by atoms with van der Waals surface area (Å²) in [6, 6.07) is 3.60. The van der Waals surface area contributed by atoms with Gasteiger partial charge in [-0.1, -0.05) is 19.3 Å². The maximum absolute atomic E-state index is 12.2. The highest BCUT2D eigenvalue weighted by Gasteiger charge is 2.26. The summed E-state index contributed by atoms with van der Waals surface area (Å²) in [6.07, 6.45) is 5.57. The number of amides is 1. The molecule has 4 N–H and O–H groups in total. The molecule has 1 aliphatic carbocycles. The summed E-state index contributed by atoms with van der Waals surface area (Å²) in [4.78, 5) is 16.6. The van der Waals surface area contributed by atoms with E-state index >= 15 is 0 Å². The summed E-state index contributed by atoms with van der Waals surface area (Å²) in [6.45, 7) is 7.51. The van der Waals surface area contributed by atoms with Crippen molar-refractivity contribution in [2.24, 2.45) is 10.9 Å². The van der Waals surface area contributed by atoms with Crippen LogP contribution in [0.15, 0.2) is 21.5 Å². The Morgan fingerprint density at radius 2 is 1.89 bits per heavy atom. The van der Waals surface area contributed by atoms with E-state index in [0.29, 0.717) is 31.4 Å². The van der Waals surface area contributed by atoms with E-state index in [1.165, 1.54) is 6.42 Å². The lowest BCUT2D eigenvalue weighted by Crippen LogP contribution is -2.43. The second-order valence-electron chi connectivity index (χ2n) is 7.43. The number of nitrogens with zero attached hydrogens (tertiary/aromatic N) is 1. The van der Waals surface area contributed by atoms with E-state index in [-0.39, 0.29) is 42.3 Å². The maximum Gasteiger partial charge on any atom is 0.223 e. The summed E-state index contributed by atoms with van der Waals surface area (Å²) in [5.74, 6) is 2.20. The molecule has 2 rings (SSSR count). The van der Waals surface area contributed by atoms with Crippen LogP contribution in [0, 0.1) is 12.8 Å². The van der Waals surface area contributed by atoms with Crippen molar-refractivity contribution in [2.45, 2.75) is 58.5 Å². The normalized spacial score (nSPS) is 17.4. The van der Waals surface area contributed by atoms with Crippen LogP contribution in [-0.2, 0) is 10.4 Å². The molecule has 0 radical (unpaired) electrons. The van der Waals surface area contributed by atoms with E-state index in [1.54, 1.807) is 13.0 Å². The van der Waals surface area contributed by atoms with E-state index in [0.717, 1.165) is 31.4 Å². The van der Waals surface area contributed by atoms with Crippen LogP contribution in [0.3, 0.4) is 0 Å². The van der Waals surface area contributed by atoms with E-state index in [1.807, 2.05) is 19.9 Å². The fraction of sp³-hybridized carbons (Fsp3) is 0.700. The highest BCUT2D eigenvalue weighted by atomic mass is 127. The van der Waals surface area contributed by atoms with Gasteiger partial charge in [-0.2, -0.15) is 0 Å². The molecule has 0 saturated heterocycles. The zero-order valence-corrected chi connectivity index (χ0v) is 19.5. The predicted molar refractivity (Wildman–Crippen MR) is 122 cm³/mol. The van der Waals surface area contributed by atoms with Crippen molar-refractivity contribution < 1.29 is 14.3 Å². The maximum atomic E-state index is 12.2. The number of hydrogen-bond acceptors (Lipinski definition) is 4. The zero-order chi connectivity index (χ0) is 19.7.